The van der Waals surface area contributed by atoms with Crippen molar-refractivity contribution in [3.8, 4) is 28.6 Å². The molecule has 0 aliphatic heterocycles. The summed E-state index contributed by atoms with van der Waals surface area (Å²) < 4.78 is 4.54. The van der Waals surface area contributed by atoms with E-state index in [9.17, 15) is 5.26 Å². The lowest BCUT2D eigenvalue weighted by Gasteiger charge is -2.17. The Kier molecular flexibility index (Phi) is 5.01. The first-order valence-electron chi connectivity index (χ1n) is 13.6. The van der Waals surface area contributed by atoms with Crippen LogP contribution in [0, 0.1) is 11.3 Å². The van der Waals surface area contributed by atoms with Crippen LogP contribution < -0.4 is 5.73 Å². The number of nitrogen functional groups attached to an aromatic ring is 1. The molecule has 0 fully saturated rings. The Balaban J connectivity index is 1.42. The number of nitrogens with zero attached hydrogens (tertiary/aromatic N) is 3. The third-order valence-corrected chi connectivity index (χ3v) is 8.07. The summed E-state index contributed by atoms with van der Waals surface area (Å²) in [5.74, 6) is 0. The van der Waals surface area contributed by atoms with E-state index >= 15 is 0 Å². The molecule has 4 heteroatoms. The van der Waals surface area contributed by atoms with Gasteiger partial charge in [0.25, 0.3) is 0 Å². The first kappa shape index (κ1) is 23.1. The van der Waals surface area contributed by atoms with Crippen molar-refractivity contribution in [1.82, 2.24) is 9.13 Å². The van der Waals surface area contributed by atoms with Crippen molar-refractivity contribution in [3.63, 3.8) is 0 Å². The molecule has 2 aromatic heterocycles. The highest BCUT2D eigenvalue weighted by Crippen LogP contribution is 2.39. The van der Waals surface area contributed by atoms with Gasteiger partial charge in [-0.1, -0.05) is 78.9 Å². The number of hydrogen-bond donors (Lipinski definition) is 1. The van der Waals surface area contributed by atoms with Gasteiger partial charge in [-0.05, 0) is 60.2 Å². The maximum Gasteiger partial charge on any atom is 0.101 e. The van der Waals surface area contributed by atoms with Crippen LogP contribution in [-0.4, -0.2) is 9.13 Å². The van der Waals surface area contributed by atoms with Crippen LogP contribution in [0.5, 0.6) is 0 Å². The monoisotopic (exact) mass is 524 g/mol. The van der Waals surface area contributed by atoms with Gasteiger partial charge in [0.2, 0.25) is 0 Å². The lowest BCUT2D eigenvalue weighted by molar-refractivity contribution is 1.16. The molecule has 6 aromatic carbocycles. The van der Waals surface area contributed by atoms with E-state index in [4.69, 9.17) is 5.73 Å². The van der Waals surface area contributed by atoms with E-state index in [0.29, 0.717) is 5.56 Å². The van der Waals surface area contributed by atoms with Gasteiger partial charge in [0.15, 0.2) is 0 Å². The van der Waals surface area contributed by atoms with Gasteiger partial charge in [-0.3, -0.25) is 0 Å². The second-order valence-corrected chi connectivity index (χ2v) is 10.4. The average Bonchev–Trinajstić information content (AvgIpc) is 3.53. The average molecular weight is 525 g/mol. The Morgan fingerprint density at radius 2 is 1.10 bits per heavy atom. The van der Waals surface area contributed by atoms with Crippen LogP contribution in [0.25, 0.3) is 66.1 Å². The molecule has 0 atom stereocenters. The molecule has 41 heavy (non-hydrogen) atoms. The Morgan fingerprint density at radius 1 is 0.512 bits per heavy atom. The number of fused-ring (bicyclic) bond motifs is 6. The third-order valence-electron chi connectivity index (χ3n) is 8.07. The van der Waals surface area contributed by atoms with Gasteiger partial charge in [0.05, 0.1) is 33.3 Å². The second-order valence-electron chi connectivity index (χ2n) is 10.4. The number of benzene rings is 6. The molecule has 8 rings (SSSR count). The van der Waals surface area contributed by atoms with Gasteiger partial charge >= 0.3 is 0 Å². The minimum atomic E-state index is 0.631. The Labute approximate surface area is 236 Å². The van der Waals surface area contributed by atoms with Gasteiger partial charge in [0, 0.05) is 38.5 Å². The maximum atomic E-state index is 10.3. The van der Waals surface area contributed by atoms with E-state index in [0.717, 1.165) is 61.0 Å². The molecule has 0 saturated carbocycles. The fraction of sp³-hybridized carbons (Fsp3) is 0. The van der Waals surface area contributed by atoms with Crippen LogP contribution in [0.2, 0.25) is 0 Å². The maximum absolute atomic E-state index is 10.3. The molecule has 0 spiro atoms. The molecule has 0 bridgehead atoms. The fourth-order valence-corrected chi connectivity index (χ4v) is 6.35. The number of para-hydroxylation sites is 4. The van der Waals surface area contributed by atoms with E-state index in [1.165, 1.54) is 10.8 Å². The second kappa shape index (κ2) is 8.87. The molecule has 0 radical (unpaired) electrons. The predicted molar refractivity (Wildman–Crippen MR) is 170 cm³/mol. The zero-order chi connectivity index (χ0) is 27.5. The molecule has 192 valence electrons. The Morgan fingerprint density at radius 3 is 1.78 bits per heavy atom. The zero-order valence-electron chi connectivity index (χ0n) is 22.1. The normalized spacial score (nSPS) is 11.5. The molecule has 0 aliphatic rings. The van der Waals surface area contributed by atoms with Gasteiger partial charge in [0.1, 0.15) is 6.07 Å². The summed E-state index contributed by atoms with van der Waals surface area (Å²) in [6.07, 6.45) is 0. The van der Waals surface area contributed by atoms with Crippen molar-refractivity contribution < 1.29 is 0 Å². The molecule has 2 N–H and O–H groups in total. The van der Waals surface area contributed by atoms with E-state index in [1.54, 1.807) is 0 Å². The third kappa shape index (κ3) is 3.40. The largest absolute Gasteiger partial charge is 0.399 e. The highest BCUT2D eigenvalue weighted by atomic mass is 15.0. The number of nitrogens with two attached hydrogens (primary N) is 1. The van der Waals surface area contributed by atoms with Crippen molar-refractivity contribution >= 4 is 49.3 Å². The summed E-state index contributed by atoms with van der Waals surface area (Å²) in [5, 5.41) is 14.9. The lowest BCUT2D eigenvalue weighted by Crippen LogP contribution is -2.01. The highest BCUT2D eigenvalue weighted by molar-refractivity contribution is 6.11. The molecule has 0 aliphatic carbocycles. The topological polar surface area (TPSA) is 59.7 Å². The first-order chi connectivity index (χ1) is 20.2. The number of hydrogen-bond acceptors (Lipinski definition) is 2. The van der Waals surface area contributed by atoms with Crippen molar-refractivity contribution in [1.29, 1.82) is 5.26 Å². The van der Waals surface area contributed by atoms with Crippen LogP contribution in [0.4, 0.5) is 5.69 Å². The van der Waals surface area contributed by atoms with E-state index < -0.39 is 0 Å². The minimum absolute atomic E-state index is 0.631. The van der Waals surface area contributed by atoms with Crippen LogP contribution in [0.1, 0.15) is 5.56 Å². The van der Waals surface area contributed by atoms with Gasteiger partial charge in [-0.2, -0.15) is 5.26 Å². The highest BCUT2D eigenvalue weighted by Gasteiger charge is 2.19. The number of nitriles is 1. The minimum Gasteiger partial charge on any atom is -0.399 e. The quantitative estimate of drug-likeness (QED) is 0.234. The first-order valence-corrected chi connectivity index (χ1v) is 13.6. The van der Waals surface area contributed by atoms with Gasteiger partial charge in [-0.25, -0.2) is 0 Å². The van der Waals surface area contributed by atoms with Crippen LogP contribution in [-0.2, 0) is 0 Å². The summed E-state index contributed by atoms with van der Waals surface area (Å²) in [6, 6.07) is 48.4. The predicted octanol–water partition coefficient (Wildman–Crippen LogP) is 9.00. The molecule has 8 aromatic rings. The van der Waals surface area contributed by atoms with Crippen LogP contribution in [0.3, 0.4) is 0 Å². The van der Waals surface area contributed by atoms with Crippen molar-refractivity contribution in [2.75, 3.05) is 5.73 Å². The Hall–Kier alpha value is -5.79. The van der Waals surface area contributed by atoms with Crippen molar-refractivity contribution in [2.45, 2.75) is 0 Å². The fourth-order valence-electron chi connectivity index (χ4n) is 6.35. The van der Waals surface area contributed by atoms with Crippen LogP contribution in [0.15, 0.2) is 133 Å². The molecular formula is C37H24N4. The van der Waals surface area contributed by atoms with E-state index in [-0.39, 0.29) is 0 Å². The number of anilines is 1. The molecule has 0 unspecified atom stereocenters. The summed E-state index contributed by atoms with van der Waals surface area (Å²) in [7, 11) is 0. The SMILES string of the molecule is N#Cc1cccc(-c2cccc(-n3c4ccccc4c4cc(N)ccc43)c2)c1-n1c2ccccc2c2ccccc21. The number of rotatable bonds is 3. The van der Waals surface area contributed by atoms with Crippen LogP contribution >= 0.6 is 0 Å². The summed E-state index contributed by atoms with van der Waals surface area (Å²) >= 11 is 0. The standard InChI is InChI=1S/C37H24N4/c38-23-25-10-8-15-28(37(25)41-34-17-5-1-12-29(34)30-13-2-6-18-35(30)41)24-9-7-11-27(21-24)40-33-16-4-3-14-31(33)32-22-26(39)19-20-36(32)40/h1-22H,39H2. The van der Waals surface area contributed by atoms with Gasteiger partial charge in [-0.15, -0.1) is 0 Å². The Bertz CT molecular complexity index is 2290. The molecule has 0 amide bonds. The molecule has 0 saturated heterocycles. The van der Waals surface area contributed by atoms with Crippen molar-refractivity contribution in [2.24, 2.45) is 0 Å². The summed E-state index contributed by atoms with van der Waals surface area (Å²) in [6.45, 7) is 0. The molecular weight excluding hydrogens is 500 g/mol. The summed E-state index contributed by atoms with van der Waals surface area (Å²) in [4.78, 5) is 0. The molecule has 4 nitrogen and oxygen atoms in total. The van der Waals surface area contributed by atoms with Gasteiger partial charge < -0.3 is 14.9 Å². The zero-order valence-corrected chi connectivity index (χ0v) is 22.1. The number of aromatic nitrogens is 2. The summed E-state index contributed by atoms with van der Waals surface area (Å²) in [5.41, 5.74) is 15.9. The van der Waals surface area contributed by atoms with Crippen molar-refractivity contribution in [3.05, 3.63) is 139 Å². The van der Waals surface area contributed by atoms with E-state index in [2.05, 4.69) is 130 Å². The smallest absolute Gasteiger partial charge is 0.101 e. The van der Waals surface area contributed by atoms with E-state index in [1.807, 2.05) is 18.2 Å². The molecule has 2 heterocycles. The lowest BCUT2D eigenvalue weighted by atomic mass is 9.99.